The molecule has 118 valence electrons. The highest BCUT2D eigenvalue weighted by Gasteiger charge is 2.28. The maximum Gasteiger partial charge on any atom is 0.262 e. The lowest BCUT2D eigenvalue weighted by Crippen LogP contribution is -2.26. The van der Waals surface area contributed by atoms with Crippen LogP contribution in [0.4, 0.5) is 0 Å². The first-order valence-corrected chi connectivity index (χ1v) is 8.22. The predicted molar refractivity (Wildman–Crippen MR) is 93.1 cm³/mol. The van der Waals surface area contributed by atoms with E-state index in [-0.39, 0.29) is 17.0 Å². The fourth-order valence-electron chi connectivity index (χ4n) is 2.57. The van der Waals surface area contributed by atoms with Crippen molar-refractivity contribution in [3.05, 3.63) is 68.4 Å². The molecule has 3 aromatic rings. The van der Waals surface area contributed by atoms with Crippen molar-refractivity contribution in [1.29, 1.82) is 0 Å². The van der Waals surface area contributed by atoms with Gasteiger partial charge in [-0.2, -0.15) is 4.98 Å². The van der Waals surface area contributed by atoms with Gasteiger partial charge in [0, 0.05) is 4.88 Å². The highest BCUT2D eigenvalue weighted by molar-refractivity contribution is 7.10. The molecular weight excluding hydrogens is 308 g/mol. The van der Waals surface area contributed by atoms with E-state index in [1.807, 2.05) is 56.5 Å². The smallest absolute Gasteiger partial charge is 0.262 e. The Labute approximate surface area is 138 Å². The number of hydrogen-bond donors (Lipinski definition) is 2. The number of benzene rings is 1. The summed E-state index contributed by atoms with van der Waals surface area (Å²) >= 11 is 1.60. The summed E-state index contributed by atoms with van der Waals surface area (Å²) in [6.45, 7) is 5.89. The number of aromatic hydroxyl groups is 1. The zero-order valence-corrected chi connectivity index (χ0v) is 14.1. The molecule has 0 saturated heterocycles. The summed E-state index contributed by atoms with van der Waals surface area (Å²) in [6.07, 6.45) is 0. The summed E-state index contributed by atoms with van der Waals surface area (Å²) in [5.74, 6) is 0.220. The van der Waals surface area contributed by atoms with Crippen LogP contribution in [0.5, 0.6) is 5.88 Å². The van der Waals surface area contributed by atoms with Crippen LogP contribution in [-0.4, -0.2) is 15.1 Å². The standard InChI is InChI=1S/C18H18N2O2S/c1-11-6-4-7-12(10-11)14-15(21)19-17(20-16(14)22)18(2,3)13-8-5-9-23-13/h4-10H,1-3H3,(H2,19,20,21,22). The molecule has 23 heavy (non-hydrogen) atoms. The number of aryl methyl sites for hydroxylation is 1. The van der Waals surface area contributed by atoms with Gasteiger partial charge in [0.05, 0.1) is 5.41 Å². The first kappa shape index (κ1) is 15.5. The van der Waals surface area contributed by atoms with Crippen molar-refractivity contribution in [1.82, 2.24) is 9.97 Å². The number of nitrogens with one attached hydrogen (secondary N) is 1. The molecule has 0 saturated carbocycles. The van der Waals surface area contributed by atoms with Gasteiger partial charge in [-0.15, -0.1) is 11.3 Å². The van der Waals surface area contributed by atoms with E-state index in [0.717, 1.165) is 10.4 Å². The third-order valence-corrected chi connectivity index (χ3v) is 5.13. The Bertz CT molecular complexity index is 896. The minimum Gasteiger partial charge on any atom is -0.493 e. The van der Waals surface area contributed by atoms with Gasteiger partial charge in [-0.25, -0.2) is 0 Å². The summed E-state index contributed by atoms with van der Waals surface area (Å²) in [4.78, 5) is 20.7. The highest BCUT2D eigenvalue weighted by Crippen LogP contribution is 2.33. The molecule has 0 amide bonds. The van der Waals surface area contributed by atoms with E-state index in [1.54, 1.807) is 17.4 Å². The number of H-pyrrole nitrogens is 1. The van der Waals surface area contributed by atoms with Crippen molar-refractivity contribution in [3.63, 3.8) is 0 Å². The highest BCUT2D eigenvalue weighted by atomic mass is 32.1. The Balaban J connectivity index is 2.14. The van der Waals surface area contributed by atoms with Gasteiger partial charge in [-0.3, -0.25) is 4.79 Å². The summed E-state index contributed by atoms with van der Waals surface area (Å²) in [5, 5.41) is 12.3. The number of nitrogens with zero attached hydrogens (tertiary/aromatic N) is 1. The van der Waals surface area contributed by atoms with Crippen molar-refractivity contribution >= 4 is 11.3 Å². The van der Waals surface area contributed by atoms with Gasteiger partial charge in [0.1, 0.15) is 11.4 Å². The van der Waals surface area contributed by atoms with Gasteiger partial charge in [0.25, 0.3) is 5.56 Å². The lowest BCUT2D eigenvalue weighted by atomic mass is 9.90. The Morgan fingerprint density at radius 1 is 1.22 bits per heavy atom. The Morgan fingerprint density at radius 2 is 2.00 bits per heavy atom. The summed E-state index contributed by atoms with van der Waals surface area (Å²) in [6, 6.07) is 11.4. The molecule has 2 N–H and O–H groups in total. The lowest BCUT2D eigenvalue weighted by Gasteiger charge is -2.22. The van der Waals surface area contributed by atoms with E-state index in [0.29, 0.717) is 11.4 Å². The van der Waals surface area contributed by atoms with Gasteiger partial charge in [0.2, 0.25) is 5.88 Å². The normalized spacial score (nSPS) is 11.6. The molecule has 2 heterocycles. The number of rotatable bonds is 3. The van der Waals surface area contributed by atoms with Crippen LogP contribution in [0.2, 0.25) is 0 Å². The lowest BCUT2D eigenvalue weighted by molar-refractivity contribution is 0.442. The van der Waals surface area contributed by atoms with Crippen LogP contribution in [0.15, 0.2) is 46.6 Å². The minimum atomic E-state index is -0.476. The Hall–Kier alpha value is -2.40. The molecule has 0 aliphatic heterocycles. The third-order valence-electron chi connectivity index (χ3n) is 3.94. The Kier molecular flexibility index (Phi) is 3.82. The van der Waals surface area contributed by atoms with Crippen molar-refractivity contribution < 1.29 is 5.11 Å². The third kappa shape index (κ3) is 2.80. The van der Waals surface area contributed by atoms with E-state index in [1.165, 1.54) is 0 Å². The number of aromatic amines is 1. The first-order valence-electron chi connectivity index (χ1n) is 7.34. The van der Waals surface area contributed by atoms with Crippen LogP contribution in [0.3, 0.4) is 0 Å². The molecule has 0 aliphatic carbocycles. The molecule has 0 aliphatic rings. The average Bonchev–Trinajstić information content (AvgIpc) is 3.01. The maximum atomic E-state index is 12.5. The number of thiophene rings is 1. The second-order valence-electron chi connectivity index (χ2n) is 6.08. The molecule has 0 spiro atoms. The molecule has 0 atom stereocenters. The number of hydrogen-bond acceptors (Lipinski definition) is 4. The molecule has 0 fully saturated rings. The van der Waals surface area contributed by atoms with Crippen LogP contribution in [-0.2, 0) is 5.41 Å². The maximum absolute atomic E-state index is 12.5. The van der Waals surface area contributed by atoms with Crippen LogP contribution in [0, 0.1) is 6.92 Å². The predicted octanol–water partition coefficient (Wildman–Crippen LogP) is 3.84. The molecule has 3 rings (SSSR count). The molecule has 2 aromatic heterocycles. The van der Waals surface area contributed by atoms with E-state index < -0.39 is 5.41 Å². The van der Waals surface area contributed by atoms with E-state index in [9.17, 15) is 9.90 Å². The molecule has 0 unspecified atom stereocenters. The average molecular weight is 326 g/mol. The van der Waals surface area contributed by atoms with Gasteiger partial charge < -0.3 is 10.1 Å². The van der Waals surface area contributed by atoms with Gasteiger partial charge in [-0.05, 0) is 37.8 Å². The summed E-state index contributed by atoms with van der Waals surface area (Å²) in [5.41, 5.74) is 1.08. The molecule has 1 aromatic carbocycles. The number of aromatic nitrogens is 2. The van der Waals surface area contributed by atoms with Crippen LogP contribution in [0.25, 0.3) is 11.1 Å². The molecule has 5 heteroatoms. The zero-order valence-electron chi connectivity index (χ0n) is 13.3. The van der Waals surface area contributed by atoms with Crippen molar-refractivity contribution in [3.8, 4) is 17.0 Å². The van der Waals surface area contributed by atoms with Gasteiger partial charge in [0.15, 0.2) is 0 Å². The second-order valence-corrected chi connectivity index (χ2v) is 7.03. The molecule has 0 bridgehead atoms. The van der Waals surface area contributed by atoms with E-state index >= 15 is 0 Å². The zero-order chi connectivity index (χ0) is 16.6. The van der Waals surface area contributed by atoms with Crippen molar-refractivity contribution in [2.24, 2.45) is 0 Å². The molecular formula is C18H18N2O2S. The fraction of sp³-hybridized carbons (Fsp3) is 0.222. The van der Waals surface area contributed by atoms with Gasteiger partial charge in [-0.1, -0.05) is 35.9 Å². The van der Waals surface area contributed by atoms with E-state index in [4.69, 9.17) is 0 Å². The summed E-state index contributed by atoms with van der Waals surface area (Å²) < 4.78 is 0. The van der Waals surface area contributed by atoms with Crippen LogP contribution >= 0.6 is 11.3 Å². The molecule has 4 nitrogen and oxygen atoms in total. The van der Waals surface area contributed by atoms with E-state index in [2.05, 4.69) is 9.97 Å². The monoisotopic (exact) mass is 326 g/mol. The quantitative estimate of drug-likeness (QED) is 0.768. The first-order chi connectivity index (χ1) is 10.9. The van der Waals surface area contributed by atoms with Gasteiger partial charge >= 0.3 is 0 Å². The fourth-order valence-corrected chi connectivity index (χ4v) is 3.42. The summed E-state index contributed by atoms with van der Waals surface area (Å²) in [7, 11) is 0. The van der Waals surface area contributed by atoms with Crippen molar-refractivity contribution in [2.45, 2.75) is 26.2 Å². The Morgan fingerprint density at radius 3 is 2.61 bits per heavy atom. The largest absolute Gasteiger partial charge is 0.493 e. The second kappa shape index (κ2) is 5.66. The minimum absolute atomic E-state index is 0.208. The van der Waals surface area contributed by atoms with Crippen molar-refractivity contribution in [2.75, 3.05) is 0 Å². The molecule has 0 radical (unpaired) electrons. The topological polar surface area (TPSA) is 66.0 Å². The van der Waals surface area contributed by atoms with Crippen LogP contribution < -0.4 is 5.56 Å². The SMILES string of the molecule is Cc1cccc(-c2c(O)nc(C(C)(C)c3cccs3)[nH]c2=O)c1. The van der Waals surface area contributed by atoms with Crippen LogP contribution in [0.1, 0.15) is 30.1 Å².